The highest BCUT2D eigenvalue weighted by Gasteiger charge is 2.31. The van der Waals surface area contributed by atoms with Gasteiger partial charge in [-0.1, -0.05) is 18.2 Å². The van der Waals surface area contributed by atoms with E-state index in [1.165, 1.54) is 30.5 Å². The fraction of sp³-hybridized carbons (Fsp3) is 0.217. The summed E-state index contributed by atoms with van der Waals surface area (Å²) in [5.74, 6) is -2.73. The van der Waals surface area contributed by atoms with Gasteiger partial charge in [0.25, 0.3) is 5.92 Å². The van der Waals surface area contributed by atoms with Crippen molar-refractivity contribution in [3.63, 3.8) is 0 Å². The maximum atomic E-state index is 14.3. The summed E-state index contributed by atoms with van der Waals surface area (Å²) < 4.78 is 33.8. The number of carbonyl (C=O) groups excluding carboxylic acids is 1. The van der Waals surface area contributed by atoms with Gasteiger partial charge < -0.3 is 15.0 Å². The smallest absolute Gasteiger partial charge is 0.275 e. The number of carbonyl (C=O) groups is 1. The zero-order valence-electron chi connectivity index (χ0n) is 18.1. The molecule has 0 bridgehead atoms. The monoisotopic (exact) mass is 439 g/mol. The Morgan fingerprint density at radius 1 is 1.22 bits per heavy atom. The van der Waals surface area contributed by atoms with Crippen molar-refractivity contribution in [1.29, 1.82) is 0 Å². The highest BCUT2D eigenvalue weighted by atomic mass is 19.3. The quantitative estimate of drug-likeness (QED) is 0.379. The van der Waals surface area contributed by atoms with E-state index in [9.17, 15) is 13.6 Å². The minimum Gasteiger partial charge on any atom is -0.495 e. The molecule has 0 aliphatic heterocycles. The largest absolute Gasteiger partial charge is 0.495 e. The van der Waals surface area contributed by atoms with Gasteiger partial charge in [0.15, 0.2) is 5.78 Å². The first-order valence-electron chi connectivity index (χ1n) is 9.75. The number of ketones is 1. The van der Waals surface area contributed by atoms with Crippen molar-refractivity contribution in [3.8, 4) is 5.75 Å². The van der Waals surface area contributed by atoms with E-state index in [1.54, 1.807) is 50.4 Å². The van der Waals surface area contributed by atoms with Gasteiger partial charge in [0.2, 0.25) is 5.95 Å². The van der Waals surface area contributed by atoms with Crippen molar-refractivity contribution < 1.29 is 18.3 Å². The van der Waals surface area contributed by atoms with Gasteiger partial charge in [-0.05, 0) is 25.1 Å². The van der Waals surface area contributed by atoms with E-state index < -0.39 is 5.92 Å². The summed E-state index contributed by atoms with van der Waals surface area (Å²) in [5.41, 5.74) is 1.15. The number of hydrogen-bond donors (Lipinski definition) is 1. The van der Waals surface area contributed by atoms with Crippen LogP contribution in [-0.4, -0.2) is 34.9 Å². The molecule has 32 heavy (non-hydrogen) atoms. The molecule has 3 aromatic rings. The lowest BCUT2D eigenvalue weighted by atomic mass is 10.1. The lowest BCUT2D eigenvalue weighted by Gasteiger charge is -2.24. The molecule has 3 rings (SSSR count). The predicted molar refractivity (Wildman–Crippen MR) is 119 cm³/mol. The maximum absolute atomic E-state index is 14.3. The number of nitrogens with one attached hydrogen (secondary N) is 1. The number of hydrogen-bond acceptors (Lipinski definition) is 7. The molecule has 166 valence electrons. The minimum atomic E-state index is -3.18. The number of nitrogens with zero attached hydrogens (tertiary/aromatic N) is 4. The van der Waals surface area contributed by atoms with Gasteiger partial charge in [-0.3, -0.25) is 9.78 Å². The first kappa shape index (κ1) is 22.8. The van der Waals surface area contributed by atoms with E-state index in [2.05, 4.69) is 20.3 Å². The first-order valence-corrected chi connectivity index (χ1v) is 9.75. The molecule has 0 amide bonds. The molecule has 0 saturated heterocycles. The van der Waals surface area contributed by atoms with E-state index in [1.807, 2.05) is 0 Å². The molecule has 0 aliphatic rings. The third kappa shape index (κ3) is 5.23. The van der Waals surface area contributed by atoms with Gasteiger partial charge in [0.1, 0.15) is 11.6 Å². The number of alkyl halides is 2. The molecular formula is C23H23F2N5O2. The lowest BCUT2D eigenvalue weighted by molar-refractivity contribution is 0.0174. The Balaban J connectivity index is 2.02. The second-order valence-corrected chi connectivity index (χ2v) is 7.03. The van der Waals surface area contributed by atoms with Crippen molar-refractivity contribution >= 4 is 28.9 Å². The first-order chi connectivity index (χ1) is 15.2. The standard InChI is InChI=1S/C23H23F2N5O2/c1-5-7-20(31)15-8-6-9-17(10-15)30(3)21-19(23(2,24)25)14-27-22(29-21)28-16-11-18(32-4)13-26-12-16/h5-14H,1-4H3,(H,27,28,29)/b7-5+. The Hall–Kier alpha value is -3.88. The van der Waals surface area contributed by atoms with Crippen molar-refractivity contribution in [2.45, 2.75) is 19.8 Å². The Labute approximate surface area is 184 Å². The van der Waals surface area contributed by atoms with Gasteiger partial charge in [0.05, 0.1) is 30.8 Å². The number of rotatable bonds is 8. The van der Waals surface area contributed by atoms with Crippen molar-refractivity contribution in [2.75, 3.05) is 24.4 Å². The van der Waals surface area contributed by atoms with E-state index in [0.29, 0.717) is 22.7 Å². The van der Waals surface area contributed by atoms with Crippen molar-refractivity contribution in [3.05, 3.63) is 72.2 Å². The van der Waals surface area contributed by atoms with Gasteiger partial charge >= 0.3 is 0 Å². The number of pyridine rings is 1. The number of anilines is 4. The Kier molecular flexibility index (Phi) is 6.77. The van der Waals surface area contributed by atoms with Crippen LogP contribution >= 0.6 is 0 Å². The van der Waals surface area contributed by atoms with Gasteiger partial charge in [0, 0.05) is 37.5 Å². The summed E-state index contributed by atoms with van der Waals surface area (Å²) in [5, 5.41) is 2.95. The highest BCUT2D eigenvalue weighted by Crippen LogP contribution is 2.36. The molecule has 0 fully saturated rings. The summed E-state index contributed by atoms with van der Waals surface area (Å²) in [7, 11) is 3.12. The molecule has 1 aromatic carbocycles. The fourth-order valence-corrected chi connectivity index (χ4v) is 2.96. The van der Waals surface area contributed by atoms with Crippen LogP contribution in [0.1, 0.15) is 29.8 Å². The van der Waals surface area contributed by atoms with Gasteiger partial charge in [-0.2, -0.15) is 4.98 Å². The Morgan fingerprint density at radius 3 is 2.69 bits per heavy atom. The average molecular weight is 439 g/mol. The normalized spacial score (nSPS) is 11.4. The zero-order valence-corrected chi connectivity index (χ0v) is 18.1. The van der Waals surface area contributed by atoms with Crippen molar-refractivity contribution in [2.24, 2.45) is 0 Å². The molecule has 0 saturated carbocycles. The van der Waals surface area contributed by atoms with Crippen LogP contribution in [-0.2, 0) is 5.92 Å². The number of halogens is 2. The van der Waals surface area contributed by atoms with Crippen LogP contribution in [0.5, 0.6) is 5.75 Å². The number of ether oxygens (including phenoxy) is 1. The molecule has 9 heteroatoms. The zero-order chi connectivity index (χ0) is 23.3. The fourth-order valence-electron chi connectivity index (χ4n) is 2.96. The Bertz CT molecular complexity index is 1150. The van der Waals surface area contributed by atoms with Crippen LogP contribution < -0.4 is 15.0 Å². The number of methoxy groups -OCH3 is 1. The summed E-state index contributed by atoms with van der Waals surface area (Å²) >= 11 is 0. The molecule has 2 heterocycles. The minimum absolute atomic E-state index is 0.00138. The molecule has 0 spiro atoms. The van der Waals surface area contributed by atoms with Crippen LogP contribution in [0.4, 0.5) is 31.9 Å². The Morgan fingerprint density at radius 2 is 2.00 bits per heavy atom. The third-order valence-electron chi connectivity index (χ3n) is 4.60. The second-order valence-electron chi connectivity index (χ2n) is 7.03. The molecule has 0 unspecified atom stereocenters. The van der Waals surface area contributed by atoms with E-state index >= 15 is 0 Å². The predicted octanol–water partition coefficient (Wildman–Crippen LogP) is 5.26. The van der Waals surface area contributed by atoms with Crippen molar-refractivity contribution in [1.82, 2.24) is 15.0 Å². The molecule has 0 radical (unpaired) electrons. The maximum Gasteiger partial charge on any atom is 0.275 e. The van der Waals surface area contributed by atoms with Gasteiger partial charge in [-0.15, -0.1) is 0 Å². The highest BCUT2D eigenvalue weighted by molar-refractivity contribution is 6.05. The van der Waals surface area contributed by atoms with Crippen LogP contribution in [0.3, 0.4) is 0 Å². The van der Waals surface area contributed by atoms with Gasteiger partial charge in [-0.25, -0.2) is 13.8 Å². The molecule has 0 aliphatic carbocycles. The van der Waals surface area contributed by atoms with E-state index in [4.69, 9.17) is 4.74 Å². The number of aromatic nitrogens is 3. The second kappa shape index (κ2) is 9.51. The molecule has 7 nitrogen and oxygen atoms in total. The SMILES string of the molecule is C/C=C/C(=O)c1cccc(N(C)c2nc(Nc3cncc(OC)c3)ncc2C(C)(F)F)c1. The molecule has 0 atom stereocenters. The average Bonchev–Trinajstić information content (AvgIpc) is 2.78. The van der Waals surface area contributed by atoms with E-state index in [-0.39, 0.29) is 23.1 Å². The third-order valence-corrected chi connectivity index (χ3v) is 4.60. The summed E-state index contributed by atoms with van der Waals surface area (Å²) in [6.07, 6.45) is 7.25. The van der Waals surface area contributed by atoms with Crippen LogP contribution in [0.15, 0.2) is 61.1 Å². The van der Waals surface area contributed by atoms with Crippen LogP contribution in [0.25, 0.3) is 0 Å². The molecule has 2 aromatic heterocycles. The molecule has 1 N–H and O–H groups in total. The summed E-state index contributed by atoms with van der Waals surface area (Å²) in [4.78, 5) is 26.1. The topological polar surface area (TPSA) is 80.2 Å². The van der Waals surface area contributed by atoms with Crippen LogP contribution in [0.2, 0.25) is 0 Å². The lowest BCUT2D eigenvalue weighted by Crippen LogP contribution is -2.20. The number of allylic oxidation sites excluding steroid dienone is 2. The van der Waals surface area contributed by atoms with Crippen LogP contribution in [0, 0.1) is 0 Å². The molecular weight excluding hydrogens is 416 g/mol. The number of benzene rings is 1. The van der Waals surface area contributed by atoms with E-state index in [0.717, 1.165) is 13.1 Å². The summed E-state index contributed by atoms with van der Waals surface area (Å²) in [6.45, 7) is 2.53. The summed E-state index contributed by atoms with van der Waals surface area (Å²) in [6, 6.07) is 8.37.